The first-order chi connectivity index (χ1) is 8.04. The number of nitrogens with one attached hydrogen (secondary N) is 1. The quantitative estimate of drug-likeness (QED) is 0.776. The van der Waals surface area contributed by atoms with Crippen molar-refractivity contribution in [3.8, 4) is 0 Å². The van der Waals surface area contributed by atoms with E-state index in [1.54, 1.807) is 11.9 Å². The molecule has 1 aliphatic rings. The van der Waals surface area contributed by atoms with Crippen LogP contribution in [0.15, 0.2) is 0 Å². The second-order valence-electron chi connectivity index (χ2n) is 3.96. The number of nitrogens with two attached hydrogens (primary N) is 1. The van der Waals surface area contributed by atoms with E-state index < -0.39 is 0 Å². The van der Waals surface area contributed by atoms with E-state index in [0.29, 0.717) is 6.04 Å². The maximum Gasteiger partial charge on any atom is 0.239 e. The standard InChI is InChI=1S/C9H13ClN6O/c1-16(4-6(17)12-5-2-3-5)9-14-7(10)13-8(11)15-9/h5H,2-4H2,1H3,(H,12,17)(H2,11,13,14,15). The van der Waals surface area contributed by atoms with Crippen LogP contribution in [-0.2, 0) is 4.79 Å². The third-order valence-electron chi connectivity index (χ3n) is 2.28. The number of hydrogen-bond donors (Lipinski definition) is 2. The summed E-state index contributed by atoms with van der Waals surface area (Å²) in [6, 6.07) is 0.336. The number of carbonyl (C=O) groups excluding carboxylic acids is 1. The minimum atomic E-state index is -0.0647. The predicted octanol–water partition coefficient (Wildman–Crippen LogP) is -0.178. The largest absolute Gasteiger partial charge is 0.368 e. The number of halogens is 1. The highest BCUT2D eigenvalue weighted by atomic mass is 35.5. The topological polar surface area (TPSA) is 97.0 Å². The number of amides is 1. The SMILES string of the molecule is CN(CC(=O)NC1CC1)c1nc(N)nc(Cl)n1. The van der Waals surface area contributed by atoms with Gasteiger partial charge < -0.3 is 16.0 Å². The number of aromatic nitrogens is 3. The number of nitrogens with zero attached hydrogens (tertiary/aromatic N) is 4. The summed E-state index contributed by atoms with van der Waals surface area (Å²) in [5, 5.41) is 2.88. The molecular formula is C9H13ClN6O. The first-order valence-electron chi connectivity index (χ1n) is 5.22. The lowest BCUT2D eigenvalue weighted by atomic mass is 10.5. The highest BCUT2D eigenvalue weighted by Gasteiger charge is 2.24. The predicted molar refractivity (Wildman–Crippen MR) is 63.7 cm³/mol. The molecule has 1 saturated carbocycles. The van der Waals surface area contributed by atoms with Gasteiger partial charge in [-0.25, -0.2) is 0 Å². The molecule has 3 N–H and O–H groups in total. The lowest BCUT2D eigenvalue weighted by Crippen LogP contribution is -2.37. The fourth-order valence-corrected chi connectivity index (χ4v) is 1.47. The van der Waals surface area contributed by atoms with Crippen LogP contribution in [0, 0.1) is 0 Å². The van der Waals surface area contributed by atoms with Crippen molar-refractivity contribution in [3.63, 3.8) is 0 Å². The van der Waals surface area contributed by atoms with Gasteiger partial charge in [0.1, 0.15) is 0 Å². The van der Waals surface area contributed by atoms with Gasteiger partial charge in [-0.1, -0.05) is 0 Å². The minimum absolute atomic E-state index is 0.0157. The summed E-state index contributed by atoms with van der Waals surface area (Å²) in [4.78, 5) is 24.6. The molecule has 17 heavy (non-hydrogen) atoms. The molecule has 8 heteroatoms. The van der Waals surface area contributed by atoms with Crippen LogP contribution < -0.4 is 16.0 Å². The van der Waals surface area contributed by atoms with Gasteiger partial charge in [0, 0.05) is 13.1 Å². The highest BCUT2D eigenvalue weighted by Crippen LogP contribution is 2.18. The van der Waals surface area contributed by atoms with Gasteiger partial charge in [0.05, 0.1) is 6.54 Å². The third kappa shape index (κ3) is 3.42. The Balaban J connectivity index is 1.97. The summed E-state index contributed by atoms with van der Waals surface area (Å²) in [7, 11) is 1.69. The van der Waals surface area contributed by atoms with E-state index in [1.165, 1.54) is 0 Å². The Bertz CT molecular complexity index is 415. The molecule has 7 nitrogen and oxygen atoms in total. The van der Waals surface area contributed by atoms with Gasteiger partial charge in [-0.15, -0.1) is 0 Å². The first kappa shape index (κ1) is 11.8. The van der Waals surface area contributed by atoms with Gasteiger partial charge in [0.15, 0.2) is 0 Å². The summed E-state index contributed by atoms with van der Waals surface area (Å²) in [5.74, 6) is 0.257. The monoisotopic (exact) mass is 256 g/mol. The summed E-state index contributed by atoms with van der Waals surface area (Å²) < 4.78 is 0. The van der Waals surface area contributed by atoms with Crippen molar-refractivity contribution in [1.82, 2.24) is 20.3 Å². The minimum Gasteiger partial charge on any atom is -0.368 e. The second-order valence-corrected chi connectivity index (χ2v) is 4.30. The molecule has 0 bridgehead atoms. The molecule has 1 aromatic rings. The zero-order valence-corrected chi connectivity index (χ0v) is 10.1. The van der Waals surface area contributed by atoms with Gasteiger partial charge in [0.2, 0.25) is 23.1 Å². The van der Waals surface area contributed by atoms with Crippen LogP contribution in [0.3, 0.4) is 0 Å². The Morgan fingerprint density at radius 1 is 1.53 bits per heavy atom. The Labute approximate surface area is 103 Å². The molecule has 1 amide bonds. The maximum absolute atomic E-state index is 11.6. The van der Waals surface area contributed by atoms with Crippen molar-refractivity contribution >= 4 is 29.4 Å². The normalized spacial score (nSPS) is 14.5. The first-order valence-corrected chi connectivity index (χ1v) is 5.60. The second kappa shape index (κ2) is 4.70. The van der Waals surface area contributed by atoms with Gasteiger partial charge >= 0.3 is 0 Å². The third-order valence-corrected chi connectivity index (χ3v) is 2.45. The van der Waals surface area contributed by atoms with Crippen LogP contribution in [0.1, 0.15) is 12.8 Å². The van der Waals surface area contributed by atoms with Crippen LogP contribution in [0.25, 0.3) is 0 Å². The Hall–Kier alpha value is -1.63. The number of likely N-dealkylation sites (N-methyl/N-ethyl adjacent to an activating group) is 1. The van der Waals surface area contributed by atoms with Crippen molar-refractivity contribution in [3.05, 3.63) is 5.28 Å². The molecule has 0 atom stereocenters. The van der Waals surface area contributed by atoms with Crippen LogP contribution >= 0.6 is 11.6 Å². The van der Waals surface area contributed by atoms with Crippen molar-refractivity contribution in [2.24, 2.45) is 0 Å². The van der Waals surface area contributed by atoms with Crippen molar-refractivity contribution in [2.75, 3.05) is 24.2 Å². The van der Waals surface area contributed by atoms with Crippen molar-refractivity contribution in [1.29, 1.82) is 0 Å². The molecule has 1 aliphatic carbocycles. The Kier molecular flexibility index (Phi) is 3.28. The zero-order valence-electron chi connectivity index (χ0n) is 9.35. The van der Waals surface area contributed by atoms with Gasteiger partial charge in [-0.05, 0) is 24.4 Å². The van der Waals surface area contributed by atoms with Crippen LogP contribution in [0.2, 0.25) is 5.28 Å². The molecule has 0 unspecified atom stereocenters. The molecule has 0 spiro atoms. The average molecular weight is 257 g/mol. The number of nitrogen functional groups attached to an aromatic ring is 1. The molecular weight excluding hydrogens is 244 g/mol. The molecule has 1 heterocycles. The fraction of sp³-hybridized carbons (Fsp3) is 0.556. The number of rotatable bonds is 4. The number of hydrogen-bond acceptors (Lipinski definition) is 6. The Morgan fingerprint density at radius 2 is 2.24 bits per heavy atom. The lowest BCUT2D eigenvalue weighted by Gasteiger charge is -2.16. The molecule has 2 rings (SSSR count). The van der Waals surface area contributed by atoms with Crippen molar-refractivity contribution < 1.29 is 4.79 Å². The summed E-state index contributed by atoms with van der Waals surface area (Å²) >= 11 is 5.66. The Morgan fingerprint density at radius 3 is 2.82 bits per heavy atom. The molecule has 0 saturated heterocycles. The van der Waals surface area contributed by atoms with E-state index in [4.69, 9.17) is 17.3 Å². The number of anilines is 2. The van der Waals surface area contributed by atoms with E-state index in [-0.39, 0.29) is 29.6 Å². The van der Waals surface area contributed by atoms with Gasteiger partial charge in [0.25, 0.3) is 0 Å². The van der Waals surface area contributed by atoms with Gasteiger partial charge in [-0.2, -0.15) is 15.0 Å². The zero-order chi connectivity index (χ0) is 12.4. The summed E-state index contributed by atoms with van der Waals surface area (Å²) in [6.45, 7) is 0.163. The van der Waals surface area contributed by atoms with E-state index >= 15 is 0 Å². The van der Waals surface area contributed by atoms with Crippen LogP contribution in [0.5, 0.6) is 0 Å². The fourth-order valence-electron chi connectivity index (χ4n) is 1.31. The molecule has 1 aromatic heterocycles. The van der Waals surface area contributed by atoms with E-state index in [0.717, 1.165) is 12.8 Å². The molecule has 0 aromatic carbocycles. The van der Waals surface area contributed by atoms with Gasteiger partial charge in [-0.3, -0.25) is 4.79 Å². The number of carbonyl (C=O) groups is 1. The molecule has 0 aliphatic heterocycles. The van der Waals surface area contributed by atoms with Crippen molar-refractivity contribution in [2.45, 2.75) is 18.9 Å². The summed E-state index contributed by atoms with van der Waals surface area (Å²) in [6.07, 6.45) is 2.11. The lowest BCUT2D eigenvalue weighted by molar-refractivity contribution is -0.119. The van der Waals surface area contributed by atoms with Crippen LogP contribution in [0.4, 0.5) is 11.9 Å². The van der Waals surface area contributed by atoms with Crippen LogP contribution in [-0.4, -0.2) is 40.5 Å². The smallest absolute Gasteiger partial charge is 0.239 e. The maximum atomic E-state index is 11.6. The molecule has 92 valence electrons. The highest BCUT2D eigenvalue weighted by molar-refractivity contribution is 6.28. The average Bonchev–Trinajstić information content (AvgIpc) is 2.99. The molecule has 0 radical (unpaired) electrons. The summed E-state index contributed by atoms with van der Waals surface area (Å²) in [5.41, 5.74) is 5.44. The molecule has 1 fully saturated rings. The van der Waals surface area contributed by atoms with E-state index in [9.17, 15) is 4.79 Å². The van der Waals surface area contributed by atoms with E-state index in [1.807, 2.05) is 0 Å². The van der Waals surface area contributed by atoms with E-state index in [2.05, 4.69) is 20.3 Å².